The van der Waals surface area contributed by atoms with Gasteiger partial charge in [0.2, 0.25) is 0 Å². The van der Waals surface area contributed by atoms with Gasteiger partial charge in [0.25, 0.3) is 5.56 Å². The molecule has 1 fully saturated rings. The maximum absolute atomic E-state index is 12.3. The monoisotopic (exact) mass is 388 g/mol. The molecule has 2 aliphatic heterocycles. The average Bonchev–Trinajstić information content (AvgIpc) is 3.02. The van der Waals surface area contributed by atoms with E-state index < -0.39 is 0 Å². The highest BCUT2D eigenvalue weighted by Crippen LogP contribution is 2.29. The van der Waals surface area contributed by atoms with Crippen LogP contribution in [0.4, 0.5) is 0 Å². The first-order valence-electron chi connectivity index (χ1n) is 9.62. The van der Waals surface area contributed by atoms with Crippen molar-refractivity contribution >= 4 is 23.1 Å². The Morgan fingerprint density at radius 2 is 2.04 bits per heavy atom. The van der Waals surface area contributed by atoms with Crippen LogP contribution in [0.5, 0.6) is 0 Å². The summed E-state index contributed by atoms with van der Waals surface area (Å²) in [5, 5.41) is 5.92. The molecule has 0 atom stereocenters. The molecule has 1 aliphatic carbocycles. The van der Waals surface area contributed by atoms with Gasteiger partial charge in [0.05, 0.1) is 24.5 Å². The van der Waals surface area contributed by atoms with E-state index in [1.807, 2.05) is 29.2 Å². The van der Waals surface area contributed by atoms with Crippen molar-refractivity contribution in [2.24, 2.45) is 5.92 Å². The fraction of sp³-hybridized carbons (Fsp3) is 0.632. The highest BCUT2D eigenvalue weighted by atomic mass is 32.2. The van der Waals surface area contributed by atoms with Gasteiger partial charge in [-0.2, -0.15) is 16.9 Å². The lowest BCUT2D eigenvalue weighted by Crippen LogP contribution is -2.49. The van der Waals surface area contributed by atoms with Gasteiger partial charge in [-0.05, 0) is 37.0 Å². The lowest BCUT2D eigenvalue weighted by Gasteiger charge is -2.38. The maximum atomic E-state index is 12.3. The number of aromatic nitrogens is 3. The molecule has 7 heteroatoms. The summed E-state index contributed by atoms with van der Waals surface area (Å²) in [7, 11) is 0. The Kier molecular flexibility index (Phi) is 4.63. The van der Waals surface area contributed by atoms with Gasteiger partial charge in [-0.1, -0.05) is 0 Å². The Balaban J connectivity index is 1.19. The van der Waals surface area contributed by atoms with Crippen molar-refractivity contribution in [2.75, 3.05) is 18.8 Å². The van der Waals surface area contributed by atoms with E-state index >= 15 is 0 Å². The number of hydrogen-bond donors (Lipinski definition) is 0. The van der Waals surface area contributed by atoms with Gasteiger partial charge in [-0.25, -0.2) is 9.67 Å². The van der Waals surface area contributed by atoms with Gasteiger partial charge in [0, 0.05) is 42.1 Å². The summed E-state index contributed by atoms with van der Waals surface area (Å²) < 4.78 is 1.71. The molecule has 0 unspecified atom stereocenters. The van der Waals surface area contributed by atoms with Crippen LogP contribution in [0.15, 0.2) is 10.9 Å². The van der Waals surface area contributed by atoms with Crippen molar-refractivity contribution in [3.63, 3.8) is 0 Å². The molecule has 5 nitrogen and oxygen atoms in total. The number of aryl methyl sites for hydroxylation is 3. The third-order valence-corrected chi connectivity index (χ3v) is 7.77. The number of fused-ring (bicyclic) bond motifs is 2. The number of rotatable bonds is 4. The minimum Gasteiger partial charge on any atom is -0.296 e. The lowest BCUT2D eigenvalue weighted by molar-refractivity contribution is 0.0763. The molecule has 0 saturated carbocycles. The number of nitrogens with zero attached hydrogens (tertiary/aromatic N) is 4. The third kappa shape index (κ3) is 3.37. The van der Waals surface area contributed by atoms with Crippen LogP contribution >= 0.6 is 23.1 Å². The van der Waals surface area contributed by atoms with Crippen molar-refractivity contribution < 1.29 is 0 Å². The molecular weight excluding hydrogens is 364 g/mol. The molecule has 2 aromatic rings. The second-order valence-corrected chi connectivity index (χ2v) is 9.96. The highest BCUT2D eigenvalue weighted by Gasteiger charge is 2.29. The summed E-state index contributed by atoms with van der Waals surface area (Å²) in [6, 6.07) is 1.81. The molecule has 5 rings (SSSR count). The average molecular weight is 389 g/mol. The van der Waals surface area contributed by atoms with Gasteiger partial charge >= 0.3 is 0 Å². The Morgan fingerprint density at radius 1 is 1.15 bits per heavy atom. The first-order chi connectivity index (χ1) is 12.7. The van der Waals surface area contributed by atoms with Crippen LogP contribution in [0.2, 0.25) is 0 Å². The fourth-order valence-electron chi connectivity index (χ4n) is 4.21. The summed E-state index contributed by atoms with van der Waals surface area (Å²) >= 11 is 3.81. The SMILES string of the molecule is O=c1cc2c(nn1CC1CN(Cc3nc4c(s3)CCCC4)C1)CCSC2. The molecule has 4 heterocycles. The van der Waals surface area contributed by atoms with Crippen molar-refractivity contribution in [1.29, 1.82) is 0 Å². The Hall–Kier alpha value is -1.18. The molecule has 26 heavy (non-hydrogen) atoms. The predicted octanol–water partition coefficient (Wildman–Crippen LogP) is 2.50. The minimum absolute atomic E-state index is 0.0669. The number of hydrogen-bond acceptors (Lipinski definition) is 6. The highest BCUT2D eigenvalue weighted by molar-refractivity contribution is 7.98. The summed E-state index contributed by atoms with van der Waals surface area (Å²) in [5.41, 5.74) is 3.70. The van der Waals surface area contributed by atoms with Crippen molar-refractivity contribution in [3.8, 4) is 0 Å². The second kappa shape index (κ2) is 7.09. The largest absolute Gasteiger partial charge is 0.296 e. The van der Waals surface area contributed by atoms with Crippen LogP contribution in [-0.4, -0.2) is 38.5 Å². The smallest absolute Gasteiger partial charge is 0.267 e. The van der Waals surface area contributed by atoms with E-state index in [9.17, 15) is 4.79 Å². The van der Waals surface area contributed by atoms with E-state index in [0.717, 1.165) is 55.4 Å². The van der Waals surface area contributed by atoms with Gasteiger partial charge in [0.15, 0.2) is 0 Å². The molecule has 3 aliphatic rings. The maximum Gasteiger partial charge on any atom is 0.267 e. The zero-order valence-corrected chi connectivity index (χ0v) is 16.6. The minimum atomic E-state index is 0.0669. The zero-order valence-electron chi connectivity index (χ0n) is 14.9. The standard InChI is InChI=1S/C19H24N4OS2/c24-19-7-14-12-25-6-5-15(14)21-23(19)10-13-8-22(9-13)11-18-20-16-3-1-2-4-17(16)26-18/h7,13H,1-6,8-12H2. The number of likely N-dealkylation sites (tertiary alicyclic amines) is 1. The van der Waals surface area contributed by atoms with Gasteiger partial charge in [0.1, 0.15) is 5.01 Å². The molecular formula is C19H24N4OS2. The molecule has 1 saturated heterocycles. The Labute approximate surface area is 161 Å². The number of thioether (sulfide) groups is 1. The van der Waals surface area contributed by atoms with Crippen molar-refractivity contribution in [1.82, 2.24) is 19.7 Å². The van der Waals surface area contributed by atoms with Gasteiger partial charge in [-0.3, -0.25) is 9.69 Å². The molecule has 0 bridgehead atoms. The van der Waals surface area contributed by atoms with Crippen molar-refractivity contribution in [3.05, 3.63) is 43.3 Å². The number of thiazole rings is 1. The van der Waals surface area contributed by atoms with Gasteiger partial charge < -0.3 is 0 Å². The van der Waals surface area contributed by atoms with Crippen LogP contribution in [0.25, 0.3) is 0 Å². The third-order valence-electron chi connectivity index (χ3n) is 5.62. The molecule has 0 radical (unpaired) electrons. The molecule has 0 N–H and O–H groups in total. The van der Waals surface area contributed by atoms with Crippen LogP contribution < -0.4 is 5.56 Å². The van der Waals surface area contributed by atoms with E-state index in [-0.39, 0.29) is 5.56 Å². The van der Waals surface area contributed by atoms with Crippen LogP contribution in [-0.2, 0) is 38.1 Å². The van der Waals surface area contributed by atoms with Crippen LogP contribution in [0, 0.1) is 5.92 Å². The fourth-order valence-corrected chi connectivity index (χ4v) is 6.36. The molecule has 138 valence electrons. The summed E-state index contributed by atoms with van der Waals surface area (Å²) in [6.45, 7) is 3.82. The Bertz CT molecular complexity index is 845. The van der Waals surface area contributed by atoms with E-state index in [1.165, 1.54) is 41.3 Å². The quantitative estimate of drug-likeness (QED) is 0.805. The van der Waals surface area contributed by atoms with Gasteiger partial charge in [-0.15, -0.1) is 11.3 Å². The topological polar surface area (TPSA) is 51.0 Å². The molecule has 0 spiro atoms. The first-order valence-corrected chi connectivity index (χ1v) is 11.6. The van der Waals surface area contributed by atoms with Crippen LogP contribution in [0.3, 0.4) is 0 Å². The molecule has 0 amide bonds. The Morgan fingerprint density at radius 3 is 2.92 bits per heavy atom. The summed E-state index contributed by atoms with van der Waals surface area (Å²) in [4.78, 5) is 21.1. The first kappa shape index (κ1) is 17.0. The van der Waals surface area contributed by atoms with Crippen molar-refractivity contribution in [2.45, 2.75) is 50.9 Å². The molecule has 0 aromatic carbocycles. The second-order valence-electron chi connectivity index (χ2n) is 7.68. The normalized spacial score (nSPS) is 20.5. The summed E-state index contributed by atoms with van der Waals surface area (Å²) in [5.74, 6) is 2.59. The predicted molar refractivity (Wildman–Crippen MR) is 106 cm³/mol. The van der Waals surface area contributed by atoms with E-state index in [1.54, 1.807) is 4.68 Å². The van der Waals surface area contributed by atoms with Crippen LogP contribution in [0.1, 0.15) is 39.7 Å². The lowest BCUT2D eigenvalue weighted by atomic mass is 10.0. The van der Waals surface area contributed by atoms with E-state index in [4.69, 9.17) is 4.98 Å². The van der Waals surface area contributed by atoms with E-state index in [2.05, 4.69) is 10.00 Å². The zero-order chi connectivity index (χ0) is 17.5. The summed E-state index contributed by atoms with van der Waals surface area (Å²) in [6.07, 6.45) is 6.00. The molecule has 2 aromatic heterocycles. The van der Waals surface area contributed by atoms with E-state index in [0.29, 0.717) is 5.92 Å².